The van der Waals surface area contributed by atoms with Crippen LogP contribution in [-0.2, 0) is 12.8 Å². The molecule has 3 nitrogen and oxygen atoms in total. The number of hydrogen-bond donors (Lipinski definition) is 3. The van der Waals surface area contributed by atoms with Gasteiger partial charge in [0.2, 0.25) is 0 Å². The Labute approximate surface area is 153 Å². The molecule has 4 N–H and O–H groups in total. The summed E-state index contributed by atoms with van der Waals surface area (Å²) < 4.78 is 28.1. The van der Waals surface area contributed by atoms with Crippen LogP contribution in [0.4, 0.5) is 8.78 Å². The van der Waals surface area contributed by atoms with Crippen molar-refractivity contribution in [3.63, 3.8) is 0 Å². The molecule has 0 saturated heterocycles. The highest BCUT2D eigenvalue weighted by Crippen LogP contribution is 2.24. The normalized spacial score (nSPS) is 22.9. The van der Waals surface area contributed by atoms with Crippen molar-refractivity contribution in [3.05, 3.63) is 71.3 Å². The second kappa shape index (κ2) is 8.71. The summed E-state index contributed by atoms with van der Waals surface area (Å²) in [5.41, 5.74) is 7.12. The predicted octanol–water partition coefficient (Wildman–Crippen LogP) is 2.81. The van der Waals surface area contributed by atoms with Gasteiger partial charge in [-0.25, -0.2) is 8.78 Å². The molecule has 3 rings (SSSR count). The van der Waals surface area contributed by atoms with Crippen molar-refractivity contribution in [2.24, 2.45) is 11.7 Å². The van der Waals surface area contributed by atoms with Gasteiger partial charge in [-0.3, -0.25) is 0 Å². The molecule has 0 aliphatic heterocycles. The van der Waals surface area contributed by atoms with Crippen LogP contribution in [0.15, 0.2) is 48.5 Å². The minimum Gasteiger partial charge on any atom is -0.392 e. The molecule has 1 saturated carbocycles. The van der Waals surface area contributed by atoms with E-state index in [1.807, 2.05) is 12.1 Å². The fourth-order valence-corrected chi connectivity index (χ4v) is 3.73. The van der Waals surface area contributed by atoms with Crippen LogP contribution in [0.3, 0.4) is 0 Å². The molecule has 1 aliphatic rings. The lowest BCUT2D eigenvalue weighted by atomic mass is 9.97. The molecular weight excluding hydrogens is 334 g/mol. The van der Waals surface area contributed by atoms with E-state index < -0.39 is 6.10 Å². The van der Waals surface area contributed by atoms with Gasteiger partial charge in [-0.15, -0.1) is 0 Å². The van der Waals surface area contributed by atoms with Crippen molar-refractivity contribution in [1.29, 1.82) is 0 Å². The molecule has 0 aromatic heterocycles. The molecule has 2 aromatic rings. The number of rotatable bonds is 7. The Morgan fingerprint density at radius 2 is 1.50 bits per heavy atom. The molecule has 3 atom stereocenters. The molecule has 0 radical (unpaired) electrons. The van der Waals surface area contributed by atoms with Gasteiger partial charge in [0, 0.05) is 12.1 Å². The third-order valence-electron chi connectivity index (χ3n) is 5.22. The first kappa shape index (κ1) is 19.0. The predicted molar refractivity (Wildman–Crippen MR) is 98.7 cm³/mol. The number of nitrogens with one attached hydrogen (secondary N) is 1. The van der Waals surface area contributed by atoms with Crippen molar-refractivity contribution in [1.82, 2.24) is 5.32 Å². The van der Waals surface area contributed by atoms with Gasteiger partial charge in [0.1, 0.15) is 11.6 Å². The van der Waals surface area contributed by atoms with Crippen LogP contribution < -0.4 is 11.1 Å². The number of aliphatic hydroxyl groups is 1. The number of nitrogens with two attached hydrogens (primary N) is 1. The zero-order valence-corrected chi connectivity index (χ0v) is 14.7. The van der Waals surface area contributed by atoms with Crippen molar-refractivity contribution in [2.75, 3.05) is 6.54 Å². The third-order valence-corrected chi connectivity index (χ3v) is 5.22. The lowest BCUT2D eigenvalue weighted by molar-refractivity contribution is 0.161. The van der Waals surface area contributed by atoms with E-state index in [9.17, 15) is 13.9 Å². The number of hydrogen-bond acceptors (Lipinski definition) is 3. The van der Waals surface area contributed by atoms with Crippen molar-refractivity contribution < 1.29 is 13.9 Å². The topological polar surface area (TPSA) is 58.3 Å². The van der Waals surface area contributed by atoms with Gasteiger partial charge in [-0.1, -0.05) is 36.4 Å². The van der Waals surface area contributed by atoms with E-state index in [4.69, 9.17) is 5.73 Å². The maximum atomic E-state index is 14.1. The molecule has 5 heteroatoms. The third kappa shape index (κ3) is 4.87. The van der Waals surface area contributed by atoms with Gasteiger partial charge in [0.15, 0.2) is 0 Å². The highest BCUT2D eigenvalue weighted by Gasteiger charge is 2.30. The molecule has 140 valence electrons. The second-order valence-electron chi connectivity index (χ2n) is 7.26. The molecular formula is C21H26F2N2O. The minimum atomic E-state index is -0.460. The Morgan fingerprint density at radius 1 is 0.962 bits per heavy atom. The zero-order chi connectivity index (χ0) is 18.5. The molecule has 0 bridgehead atoms. The van der Waals surface area contributed by atoms with Gasteiger partial charge in [-0.05, 0) is 61.4 Å². The molecule has 1 aliphatic carbocycles. The summed E-state index contributed by atoms with van der Waals surface area (Å²) in [6.45, 7) is 0.679. The van der Waals surface area contributed by atoms with Gasteiger partial charge in [0.05, 0.1) is 6.10 Å². The summed E-state index contributed by atoms with van der Waals surface area (Å²) in [7, 11) is 0. The van der Waals surface area contributed by atoms with Crippen molar-refractivity contribution in [3.8, 4) is 0 Å². The monoisotopic (exact) mass is 360 g/mol. The Morgan fingerprint density at radius 3 is 1.96 bits per heavy atom. The molecule has 26 heavy (non-hydrogen) atoms. The Balaban J connectivity index is 1.69. The maximum absolute atomic E-state index is 14.1. The first-order valence-electron chi connectivity index (χ1n) is 9.16. The summed E-state index contributed by atoms with van der Waals surface area (Å²) in [4.78, 5) is 0. The number of aliphatic hydroxyl groups excluding tert-OH is 1. The van der Waals surface area contributed by atoms with Crippen molar-refractivity contribution in [2.45, 2.75) is 43.9 Å². The summed E-state index contributed by atoms with van der Waals surface area (Å²) in [6.07, 6.45) is 1.92. The second-order valence-corrected chi connectivity index (χ2v) is 7.26. The number of benzene rings is 2. The van der Waals surface area contributed by atoms with Crippen LogP contribution in [-0.4, -0.2) is 29.8 Å². The quantitative estimate of drug-likeness (QED) is 0.712. The first-order chi connectivity index (χ1) is 12.5. The van der Waals surface area contributed by atoms with Gasteiger partial charge >= 0.3 is 0 Å². The Bertz CT molecular complexity index is 667. The molecule has 0 spiro atoms. The van der Waals surface area contributed by atoms with E-state index in [-0.39, 0.29) is 29.6 Å². The Kier molecular flexibility index (Phi) is 6.35. The van der Waals surface area contributed by atoms with E-state index in [1.165, 1.54) is 12.1 Å². The van der Waals surface area contributed by atoms with E-state index in [0.717, 1.165) is 6.42 Å². The van der Waals surface area contributed by atoms with E-state index in [2.05, 4.69) is 5.32 Å². The molecule has 2 aromatic carbocycles. The maximum Gasteiger partial charge on any atom is 0.126 e. The minimum absolute atomic E-state index is 0.0993. The lowest BCUT2D eigenvalue weighted by Gasteiger charge is -2.22. The summed E-state index contributed by atoms with van der Waals surface area (Å²) >= 11 is 0. The van der Waals surface area contributed by atoms with E-state index in [1.54, 1.807) is 24.3 Å². The average molecular weight is 360 g/mol. The van der Waals surface area contributed by atoms with Crippen LogP contribution in [0.5, 0.6) is 0 Å². The molecule has 0 heterocycles. The van der Waals surface area contributed by atoms with E-state index in [0.29, 0.717) is 36.9 Å². The average Bonchev–Trinajstić information content (AvgIpc) is 2.94. The zero-order valence-electron chi connectivity index (χ0n) is 14.7. The summed E-state index contributed by atoms with van der Waals surface area (Å²) in [6, 6.07) is 13.1. The van der Waals surface area contributed by atoms with Crippen LogP contribution in [0, 0.1) is 17.6 Å². The van der Waals surface area contributed by atoms with Crippen LogP contribution >= 0.6 is 0 Å². The van der Waals surface area contributed by atoms with Crippen LogP contribution in [0.2, 0.25) is 0 Å². The molecule has 0 unspecified atom stereocenters. The van der Waals surface area contributed by atoms with Crippen LogP contribution in [0.1, 0.15) is 24.0 Å². The summed E-state index contributed by atoms with van der Waals surface area (Å²) in [5.74, 6) is -0.207. The van der Waals surface area contributed by atoms with E-state index >= 15 is 0 Å². The smallest absolute Gasteiger partial charge is 0.126 e. The van der Waals surface area contributed by atoms with Crippen LogP contribution in [0.25, 0.3) is 0 Å². The highest BCUT2D eigenvalue weighted by molar-refractivity contribution is 5.22. The fourth-order valence-electron chi connectivity index (χ4n) is 3.73. The summed E-state index contributed by atoms with van der Waals surface area (Å²) in [5, 5.41) is 13.3. The lowest BCUT2D eigenvalue weighted by Crippen LogP contribution is -2.37. The van der Waals surface area contributed by atoms with Crippen molar-refractivity contribution >= 4 is 0 Å². The highest BCUT2D eigenvalue weighted by atomic mass is 19.1. The number of halogens is 2. The van der Waals surface area contributed by atoms with Gasteiger partial charge in [-0.2, -0.15) is 0 Å². The fraction of sp³-hybridized carbons (Fsp3) is 0.429. The molecule has 1 fully saturated rings. The largest absolute Gasteiger partial charge is 0.392 e. The molecule has 0 amide bonds. The van der Waals surface area contributed by atoms with Gasteiger partial charge in [0.25, 0.3) is 0 Å². The SMILES string of the molecule is N[C@@H]1C[C@H](CNC(Cc2ccccc2F)Cc2ccccc2F)C[C@H]1O. The standard InChI is InChI=1S/C21H26F2N2O/c22-18-7-3-1-5-15(18)11-17(12-16-6-2-4-8-19(16)23)25-13-14-9-20(24)21(26)10-14/h1-8,14,17,20-21,25-26H,9-13,24H2/t14-,20+,21+/m0/s1. The van der Waals surface area contributed by atoms with Gasteiger partial charge < -0.3 is 16.2 Å². The first-order valence-corrected chi connectivity index (χ1v) is 9.16. The Hall–Kier alpha value is -1.82.